The van der Waals surface area contributed by atoms with Gasteiger partial charge in [0.05, 0.1) is 11.3 Å². The van der Waals surface area contributed by atoms with Crippen LogP contribution in [0.2, 0.25) is 0 Å². The van der Waals surface area contributed by atoms with Gasteiger partial charge in [0.15, 0.2) is 11.0 Å². The van der Waals surface area contributed by atoms with E-state index in [0.29, 0.717) is 28.8 Å². The van der Waals surface area contributed by atoms with E-state index in [-0.39, 0.29) is 23.2 Å². The van der Waals surface area contributed by atoms with Crippen molar-refractivity contribution in [2.45, 2.75) is 18.6 Å². The minimum atomic E-state index is -0.359. The smallest absolute Gasteiger partial charge is 0.234 e. The van der Waals surface area contributed by atoms with Gasteiger partial charge in [0, 0.05) is 16.7 Å². The third-order valence-electron chi connectivity index (χ3n) is 3.69. The molecule has 0 unspecified atom stereocenters. The van der Waals surface area contributed by atoms with Gasteiger partial charge in [-0.15, -0.1) is 10.2 Å². The molecule has 2 N–H and O–H groups in total. The minimum absolute atomic E-state index is 0.103. The van der Waals surface area contributed by atoms with Crippen molar-refractivity contribution >= 4 is 39.3 Å². The number of aromatic nitrogens is 3. The SMILES string of the molecule is CCn1c(SCC(=O)Nc2ccc(F)cc2)nnc1-c1cc(Br)ccc1O. The Hall–Kier alpha value is -2.39. The summed E-state index contributed by atoms with van der Waals surface area (Å²) in [6.07, 6.45) is 0. The Bertz CT molecular complexity index is 962. The average molecular weight is 451 g/mol. The van der Waals surface area contributed by atoms with Crippen LogP contribution in [0.3, 0.4) is 0 Å². The Kier molecular flexibility index (Phi) is 6.12. The lowest BCUT2D eigenvalue weighted by Crippen LogP contribution is -2.14. The van der Waals surface area contributed by atoms with Crippen molar-refractivity contribution in [3.63, 3.8) is 0 Å². The molecule has 0 radical (unpaired) electrons. The second kappa shape index (κ2) is 8.53. The zero-order valence-electron chi connectivity index (χ0n) is 14.3. The van der Waals surface area contributed by atoms with Crippen LogP contribution in [-0.4, -0.2) is 31.5 Å². The first-order valence-electron chi connectivity index (χ1n) is 8.08. The number of hydrogen-bond donors (Lipinski definition) is 2. The molecule has 0 aliphatic carbocycles. The zero-order chi connectivity index (χ0) is 19.4. The van der Waals surface area contributed by atoms with Crippen LogP contribution in [0.25, 0.3) is 11.4 Å². The van der Waals surface area contributed by atoms with Gasteiger partial charge in [0.25, 0.3) is 0 Å². The molecular formula is C18H16BrFN4O2S. The predicted molar refractivity (Wildman–Crippen MR) is 106 cm³/mol. The molecule has 0 fully saturated rings. The van der Waals surface area contributed by atoms with Gasteiger partial charge in [-0.25, -0.2) is 4.39 Å². The van der Waals surface area contributed by atoms with Crippen molar-refractivity contribution in [1.82, 2.24) is 14.8 Å². The minimum Gasteiger partial charge on any atom is -0.507 e. The van der Waals surface area contributed by atoms with E-state index in [1.54, 1.807) is 18.2 Å². The molecule has 0 aliphatic rings. The molecule has 9 heteroatoms. The Morgan fingerprint density at radius 3 is 2.70 bits per heavy atom. The number of benzene rings is 2. The monoisotopic (exact) mass is 450 g/mol. The van der Waals surface area contributed by atoms with Crippen LogP contribution >= 0.6 is 27.7 Å². The maximum absolute atomic E-state index is 12.9. The number of thioether (sulfide) groups is 1. The second-order valence-corrected chi connectivity index (χ2v) is 7.41. The van der Waals surface area contributed by atoms with E-state index in [9.17, 15) is 14.3 Å². The highest BCUT2D eigenvalue weighted by Gasteiger charge is 2.17. The summed E-state index contributed by atoms with van der Waals surface area (Å²) in [6, 6.07) is 10.7. The number of carbonyl (C=O) groups is 1. The molecule has 1 amide bonds. The molecule has 1 aromatic heterocycles. The average Bonchev–Trinajstić information content (AvgIpc) is 3.06. The largest absolute Gasteiger partial charge is 0.507 e. The van der Waals surface area contributed by atoms with Crippen LogP contribution in [0.4, 0.5) is 10.1 Å². The molecule has 0 spiro atoms. The molecule has 6 nitrogen and oxygen atoms in total. The van der Waals surface area contributed by atoms with Gasteiger partial charge in [-0.2, -0.15) is 0 Å². The summed E-state index contributed by atoms with van der Waals surface area (Å²) >= 11 is 4.62. The molecular weight excluding hydrogens is 435 g/mol. The number of hydrogen-bond acceptors (Lipinski definition) is 5. The summed E-state index contributed by atoms with van der Waals surface area (Å²) < 4.78 is 15.6. The molecule has 3 aromatic rings. The van der Waals surface area contributed by atoms with Crippen LogP contribution in [0.1, 0.15) is 6.92 Å². The van der Waals surface area contributed by atoms with E-state index >= 15 is 0 Å². The Balaban J connectivity index is 1.72. The molecule has 1 heterocycles. The summed E-state index contributed by atoms with van der Waals surface area (Å²) in [7, 11) is 0. The Labute approximate surface area is 167 Å². The van der Waals surface area contributed by atoms with Gasteiger partial charge in [-0.3, -0.25) is 4.79 Å². The molecule has 0 bridgehead atoms. The van der Waals surface area contributed by atoms with Gasteiger partial charge in [-0.1, -0.05) is 27.7 Å². The fraction of sp³-hybridized carbons (Fsp3) is 0.167. The Morgan fingerprint density at radius 1 is 1.26 bits per heavy atom. The van der Waals surface area contributed by atoms with Gasteiger partial charge in [-0.05, 0) is 49.4 Å². The highest BCUT2D eigenvalue weighted by atomic mass is 79.9. The molecule has 2 aromatic carbocycles. The lowest BCUT2D eigenvalue weighted by atomic mass is 10.2. The predicted octanol–water partition coefficient (Wildman–Crippen LogP) is 4.30. The first kappa shape index (κ1) is 19.4. The third-order valence-corrected chi connectivity index (χ3v) is 5.15. The van der Waals surface area contributed by atoms with Crippen molar-refractivity contribution in [2.24, 2.45) is 0 Å². The molecule has 140 valence electrons. The van der Waals surface area contributed by atoms with Crippen molar-refractivity contribution in [2.75, 3.05) is 11.1 Å². The van der Waals surface area contributed by atoms with E-state index in [4.69, 9.17) is 0 Å². The van der Waals surface area contributed by atoms with Crippen LogP contribution < -0.4 is 5.32 Å². The number of aromatic hydroxyl groups is 1. The standard InChI is InChI=1S/C18H16BrFN4O2S/c1-2-24-17(14-9-11(19)3-8-15(14)25)22-23-18(24)27-10-16(26)21-13-6-4-12(20)5-7-13/h3-9,25H,2,10H2,1H3,(H,21,26). The quantitative estimate of drug-likeness (QED) is 0.547. The summed E-state index contributed by atoms with van der Waals surface area (Å²) in [5, 5.41) is 21.7. The molecule has 0 atom stereocenters. The Morgan fingerprint density at radius 2 is 2.00 bits per heavy atom. The van der Waals surface area contributed by atoms with Crippen LogP contribution in [0, 0.1) is 5.82 Å². The number of rotatable bonds is 6. The molecule has 3 rings (SSSR count). The van der Waals surface area contributed by atoms with Crippen molar-refractivity contribution in [3.05, 3.63) is 52.8 Å². The number of nitrogens with zero attached hydrogens (tertiary/aromatic N) is 3. The number of anilines is 1. The van der Waals surface area contributed by atoms with Crippen LogP contribution in [0.5, 0.6) is 5.75 Å². The van der Waals surface area contributed by atoms with Gasteiger partial charge < -0.3 is 15.0 Å². The first-order chi connectivity index (χ1) is 13.0. The highest BCUT2D eigenvalue weighted by Crippen LogP contribution is 2.32. The fourth-order valence-electron chi connectivity index (χ4n) is 2.43. The molecule has 0 saturated heterocycles. The normalized spacial score (nSPS) is 10.8. The second-order valence-electron chi connectivity index (χ2n) is 5.56. The van der Waals surface area contributed by atoms with E-state index in [1.165, 1.54) is 36.0 Å². The highest BCUT2D eigenvalue weighted by molar-refractivity contribution is 9.10. The topological polar surface area (TPSA) is 80.0 Å². The van der Waals surface area contributed by atoms with Crippen molar-refractivity contribution in [3.8, 4) is 17.1 Å². The molecule has 0 aliphatic heterocycles. The van der Waals surface area contributed by atoms with Crippen molar-refractivity contribution in [1.29, 1.82) is 0 Å². The lowest BCUT2D eigenvalue weighted by molar-refractivity contribution is -0.113. The van der Waals surface area contributed by atoms with E-state index in [2.05, 4.69) is 31.4 Å². The lowest BCUT2D eigenvalue weighted by Gasteiger charge is -2.09. The van der Waals surface area contributed by atoms with Gasteiger partial charge in [0.2, 0.25) is 5.91 Å². The van der Waals surface area contributed by atoms with Crippen LogP contribution in [-0.2, 0) is 11.3 Å². The molecule has 0 saturated carbocycles. The number of amides is 1. The number of carbonyl (C=O) groups excluding carboxylic acids is 1. The number of halogens is 2. The van der Waals surface area contributed by atoms with Gasteiger partial charge in [0.1, 0.15) is 11.6 Å². The number of phenolic OH excluding ortho intramolecular Hbond substituents is 1. The first-order valence-corrected chi connectivity index (χ1v) is 9.86. The maximum atomic E-state index is 12.9. The maximum Gasteiger partial charge on any atom is 0.234 e. The summed E-state index contributed by atoms with van der Waals surface area (Å²) in [6.45, 7) is 2.51. The molecule has 27 heavy (non-hydrogen) atoms. The van der Waals surface area contributed by atoms with E-state index in [0.717, 1.165) is 4.47 Å². The zero-order valence-corrected chi connectivity index (χ0v) is 16.7. The number of nitrogens with one attached hydrogen (secondary N) is 1. The van der Waals surface area contributed by atoms with Gasteiger partial charge >= 0.3 is 0 Å². The van der Waals surface area contributed by atoms with E-state index < -0.39 is 0 Å². The summed E-state index contributed by atoms with van der Waals surface area (Å²) in [5.74, 6) is 0.162. The fourth-order valence-corrected chi connectivity index (χ4v) is 3.59. The number of phenols is 1. The van der Waals surface area contributed by atoms with Crippen molar-refractivity contribution < 1.29 is 14.3 Å². The third kappa shape index (κ3) is 4.67. The van der Waals surface area contributed by atoms with Crippen LogP contribution in [0.15, 0.2) is 52.1 Å². The summed E-state index contributed by atoms with van der Waals surface area (Å²) in [4.78, 5) is 12.1. The van der Waals surface area contributed by atoms with E-state index in [1.807, 2.05) is 11.5 Å². The summed E-state index contributed by atoms with van der Waals surface area (Å²) in [5.41, 5.74) is 1.08.